The third kappa shape index (κ3) is 3.13. The zero-order valence-corrected chi connectivity index (χ0v) is 10.4. The number of hydrogen-bond acceptors (Lipinski definition) is 0. The molecule has 0 heteroatoms. The summed E-state index contributed by atoms with van der Waals surface area (Å²) in [6.07, 6.45) is 0. The molecule has 2 unspecified atom stereocenters. The zero-order chi connectivity index (χ0) is 11.4. The molecule has 0 radical (unpaired) electrons. The fraction of sp³-hybridized carbons (Fsp3) is 0.467. The quantitative estimate of drug-likeness (QED) is 0.631. The van der Waals surface area contributed by atoms with E-state index in [2.05, 4.69) is 57.7 Å². The molecule has 0 aliphatic carbocycles. The van der Waals surface area contributed by atoms with Gasteiger partial charge in [0.2, 0.25) is 0 Å². The molecule has 0 aromatic heterocycles. The molecule has 0 aliphatic rings. The van der Waals surface area contributed by atoms with Gasteiger partial charge in [-0.2, -0.15) is 0 Å². The van der Waals surface area contributed by atoms with Crippen LogP contribution in [0.3, 0.4) is 0 Å². The second-order valence-corrected chi connectivity index (χ2v) is 4.39. The second-order valence-electron chi connectivity index (χ2n) is 4.39. The van der Waals surface area contributed by atoms with Gasteiger partial charge in [-0.05, 0) is 32.3 Å². The van der Waals surface area contributed by atoms with Crippen LogP contribution in [-0.2, 0) is 0 Å². The Morgan fingerprint density at radius 2 is 1.53 bits per heavy atom. The first-order valence-corrected chi connectivity index (χ1v) is 5.55. The highest BCUT2D eigenvalue weighted by molar-refractivity contribution is 5.32. The molecule has 1 aromatic rings. The van der Waals surface area contributed by atoms with Crippen molar-refractivity contribution >= 4 is 0 Å². The molecule has 0 amide bonds. The number of aryl methyl sites for hydroxylation is 2. The van der Waals surface area contributed by atoms with Crippen LogP contribution >= 0.6 is 0 Å². The Balaban J connectivity index is 2.98. The van der Waals surface area contributed by atoms with Gasteiger partial charge in [-0.25, -0.2) is 0 Å². The SMILES string of the molecule is CC#CC(C)C(C)c1cc(C)cc(C)c1. The van der Waals surface area contributed by atoms with E-state index in [0.29, 0.717) is 11.8 Å². The first kappa shape index (κ1) is 11.9. The minimum Gasteiger partial charge on any atom is -0.106 e. The summed E-state index contributed by atoms with van der Waals surface area (Å²) in [6, 6.07) is 6.75. The average molecular weight is 200 g/mol. The van der Waals surface area contributed by atoms with E-state index in [-0.39, 0.29) is 0 Å². The van der Waals surface area contributed by atoms with Crippen molar-refractivity contribution in [3.8, 4) is 11.8 Å². The van der Waals surface area contributed by atoms with Gasteiger partial charge in [0, 0.05) is 5.92 Å². The summed E-state index contributed by atoms with van der Waals surface area (Å²) in [5.74, 6) is 7.17. The first-order valence-electron chi connectivity index (χ1n) is 5.55. The maximum Gasteiger partial charge on any atom is 0.0240 e. The van der Waals surface area contributed by atoms with Crippen LogP contribution in [0.1, 0.15) is 43.4 Å². The summed E-state index contributed by atoms with van der Waals surface area (Å²) in [7, 11) is 0. The zero-order valence-electron chi connectivity index (χ0n) is 10.4. The normalized spacial score (nSPS) is 13.9. The molecule has 0 saturated heterocycles. The van der Waals surface area contributed by atoms with Crippen molar-refractivity contribution in [2.24, 2.45) is 5.92 Å². The lowest BCUT2D eigenvalue weighted by molar-refractivity contribution is 0.609. The summed E-state index contributed by atoms with van der Waals surface area (Å²) in [6.45, 7) is 10.7. The van der Waals surface area contributed by atoms with Gasteiger partial charge in [0.25, 0.3) is 0 Å². The summed E-state index contributed by atoms with van der Waals surface area (Å²) < 4.78 is 0. The standard InChI is InChI=1S/C15H20/c1-6-7-13(4)14(5)15-9-11(2)8-12(3)10-15/h8-10,13-14H,1-5H3. The highest BCUT2D eigenvalue weighted by atomic mass is 14.2. The predicted octanol–water partition coefficient (Wildman–Crippen LogP) is 4.07. The van der Waals surface area contributed by atoms with Gasteiger partial charge in [0.15, 0.2) is 0 Å². The maximum absolute atomic E-state index is 3.23. The molecule has 0 aliphatic heterocycles. The lowest BCUT2D eigenvalue weighted by Gasteiger charge is -2.16. The third-order valence-corrected chi connectivity index (χ3v) is 2.89. The molecule has 1 rings (SSSR count). The van der Waals surface area contributed by atoms with E-state index in [9.17, 15) is 0 Å². The second kappa shape index (κ2) is 5.03. The van der Waals surface area contributed by atoms with Crippen LogP contribution in [0.2, 0.25) is 0 Å². The third-order valence-electron chi connectivity index (χ3n) is 2.89. The molecule has 0 N–H and O–H groups in total. The molecular weight excluding hydrogens is 180 g/mol. The van der Waals surface area contributed by atoms with Crippen molar-refractivity contribution in [1.29, 1.82) is 0 Å². The summed E-state index contributed by atoms with van der Waals surface area (Å²) in [5, 5.41) is 0. The molecule has 0 nitrogen and oxygen atoms in total. The number of benzene rings is 1. The van der Waals surface area contributed by atoms with Crippen LogP contribution in [0.25, 0.3) is 0 Å². The summed E-state index contributed by atoms with van der Waals surface area (Å²) >= 11 is 0. The molecular formula is C15H20. The lowest BCUT2D eigenvalue weighted by atomic mass is 9.88. The monoisotopic (exact) mass is 200 g/mol. The van der Waals surface area contributed by atoms with Gasteiger partial charge in [-0.1, -0.05) is 49.1 Å². The Morgan fingerprint density at radius 3 is 2.00 bits per heavy atom. The molecule has 0 spiro atoms. The van der Waals surface area contributed by atoms with Crippen LogP contribution in [0.4, 0.5) is 0 Å². The van der Waals surface area contributed by atoms with Crippen LogP contribution in [-0.4, -0.2) is 0 Å². The molecule has 80 valence electrons. The van der Waals surface area contributed by atoms with Crippen LogP contribution in [0, 0.1) is 31.6 Å². The van der Waals surface area contributed by atoms with Gasteiger partial charge in [0.05, 0.1) is 0 Å². The van der Waals surface area contributed by atoms with Gasteiger partial charge in [-0.3, -0.25) is 0 Å². The summed E-state index contributed by atoms with van der Waals surface area (Å²) in [5.41, 5.74) is 4.09. The molecule has 0 heterocycles. The van der Waals surface area contributed by atoms with Crippen molar-refractivity contribution in [1.82, 2.24) is 0 Å². The van der Waals surface area contributed by atoms with Crippen molar-refractivity contribution in [2.75, 3.05) is 0 Å². The van der Waals surface area contributed by atoms with Gasteiger partial charge >= 0.3 is 0 Å². The van der Waals surface area contributed by atoms with Crippen molar-refractivity contribution in [3.05, 3.63) is 34.9 Å². The molecule has 1 aromatic carbocycles. The topological polar surface area (TPSA) is 0 Å². The van der Waals surface area contributed by atoms with Crippen molar-refractivity contribution in [3.63, 3.8) is 0 Å². The van der Waals surface area contributed by atoms with Crippen molar-refractivity contribution < 1.29 is 0 Å². The van der Waals surface area contributed by atoms with E-state index in [1.165, 1.54) is 16.7 Å². The Kier molecular flexibility index (Phi) is 3.97. The Labute approximate surface area is 93.7 Å². The lowest BCUT2D eigenvalue weighted by Crippen LogP contribution is -2.04. The van der Waals surface area contributed by atoms with E-state index in [1.807, 2.05) is 6.92 Å². The van der Waals surface area contributed by atoms with Gasteiger partial charge in [0.1, 0.15) is 0 Å². The molecule has 0 saturated carbocycles. The van der Waals surface area contributed by atoms with Gasteiger partial charge in [-0.15, -0.1) is 5.92 Å². The Bertz CT molecular complexity index is 370. The van der Waals surface area contributed by atoms with E-state index < -0.39 is 0 Å². The van der Waals surface area contributed by atoms with Gasteiger partial charge < -0.3 is 0 Å². The van der Waals surface area contributed by atoms with E-state index in [4.69, 9.17) is 0 Å². The molecule has 0 bridgehead atoms. The Hall–Kier alpha value is -1.22. The molecule has 15 heavy (non-hydrogen) atoms. The average Bonchev–Trinajstić information content (AvgIpc) is 2.15. The van der Waals surface area contributed by atoms with E-state index >= 15 is 0 Å². The summed E-state index contributed by atoms with van der Waals surface area (Å²) in [4.78, 5) is 0. The highest BCUT2D eigenvalue weighted by Gasteiger charge is 2.12. The van der Waals surface area contributed by atoms with Crippen LogP contribution in [0.5, 0.6) is 0 Å². The molecule has 0 fully saturated rings. The first-order chi connectivity index (χ1) is 7.04. The number of hydrogen-bond donors (Lipinski definition) is 0. The van der Waals surface area contributed by atoms with E-state index in [0.717, 1.165) is 0 Å². The fourth-order valence-electron chi connectivity index (χ4n) is 1.91. The van der Waals surface area contributed by atoms with Crippen molar-refractivity contribution in [2.45, 2.75) is 40.5 Å². The van der Waals surface area contributed by atoms with E-state index in [1.54, 1.807) is 0 Å². The highest BCUT2D eigenvalue weighted by Crippen LogP contribution is 2.25. The predicted molar refractivity (Wildman–Crippen MR) is 66.9 cm³/mol. The number of rotatable bonds is 2. The largest absolute Gasteiger partial charge is 0.106 e. The molecule has 2 atom stereocenters. The minimum absolute atomic E-state index is 0.427. The minimum atomic E-state index is 0.427. The smallest absolute Gasteiger partial charge is 0.0240 e. The maximum atomic E-state index is 3.23. The van der Waals surface area contributed by atoms with Crippen LogP contribution < -0.4 is 0 Å². The fourth-order valence-corrected chi connectivity index (χ4v) is 1.91. The van der Waals surface area contributed by atoms with Crippen LogP contribution in [0.15, 0.2) is 18.2 Å². The Morgan fingerprint density at radius 1 is 1.00 bits per heavy atom.